The maximum absolute atomic E-state index is 12.5. The van der Waals surface area contributed by atoms with Crippen molar-refractivity contribution >= 4 is 21.6 Å². The molecular weight excluding hydrogens is 386 g/mol. The number of amides is 2. The maximum atomic E-state index is 12.5. The zero-order valence-electron chi connectivity index (χ0n) is 17.3. The third kappa shape index (κ3) is 5.29. The molecule has 156 valence electrons. The largest absolute Gasteiger partial charge is 0.372 e. The summed E-state index contributed by atoms with van der Waals surface area (Å²) in [7, 11) is -1.49. The maximum Gasteiger partial charge on any atom is 0.317 e. The summed E-state index contributed by atoms with van der Waals surface area (Å²) in [5.74, 6) is 0. The van der Waals surface area contributed by atoms with Gasteiger partial charge in [-0.15, -0.1) is 0 Å². The predicted molar refractivity (Wildman–Crippen MR) is 116 cm³/mol. The summed E-state index contributed by atoms with van der Waals surface area (Å²) in [4.78, 5) is 16.8. The zero-order chi connectivity index (χ0) is 21.0. The number of nitrogens with one attached hydrogen (secondary N) is 1. The lowest BCUT2D eigenvalue weighted by atomic mass is 10.1. The van der Waals surface area contributed by atoms with Gasteiger partial charge < -0.3 is 15.1 Å². The zero-order valence-corrected chi connectivity index (χ0v) is 18.1. The number of carbonyl (C=O) groups is 1. The van der Waals surface area contributed by atoms with Gasteiger partial charge in [0.1, 0.15) is 0 Å². The van der Waals surface area contributed by atoms with E-state index in [1.807, 2.05) is 6.92 Å². The molecule has 29 heavy (non-hydrogen) atoms. The smallest absolute Gasteiger partial charge is 0.317 e. The van der Waals surface area contributed by atoms with Crippen molar-refractivity contribution in [2.24, 2.45) is 0 Å². The summed E-state index contributed by atoms with van der Waals surface area (Å²) >= 11 is 0. The van der Waals surface area contributed by atoms with Crippen molar-refractivity contribution in [1.29, 1.82) is 0 Å². The van der Waals surface area contributed by atoms with Crippen LogP contribution >= 0.6 is 0 Å². The van der Waals surface area contributed by atoms with Crippen molar-refractivity contribution < 1.29 is 13.2 Å². The number of rotatable bonds is 6. The van der Waals surface area contributed by atoms with Crippen molar-refractivity contribution in [3.05, 3.63) is 59.7 Å². The molecule has 1 saturated heterocycles. The molecule has 2 amide bonds. The third-order valence-electron chi connectivity index (χ3n) is 5.54. The quantitative estimate of drug-likeness (QED) is 0.783. The number of benzene rings is 2. The first kappa shape index (κ1) is 21.2. The van der Waals surface area contributed by atoms with E-state index in [0.717, 1.165) is 24.2 Å². The lowest BCUT2D eigenvalue weighted by Crippen LogP contribution is -2.38. The van der Waals surface area contributed by atoms with Crippen molar-refractivity contribution in [1.82, 2.24) is 10.2 Å². The highest BCUT2D eigenvalue weighted by molar-refractivity contribution is 7.90. The van der Waals surface area contributed by atoms with Crippen molar-refractivity contribution in [2.45, 2.75) is 37.2 Å². The lowest BCUT2D eigenvalue weighted by molar-refractivity contribution is 0.194. The van der Waals surface area contributed by atoms with E-state index in [4.69, 9.17) is 0 Å². The first-order chi connectivity index (χ1) is 13.8. The topological polar surface area (TPSA) is 69.7 Å². The van der Waals surface area contributed by atoms with Crippen molar-refractivity contribution in [3.8, 4) is 0 Å². The standard InChI is InChI=1S/C22H29N3O3S/c1-17(19-8-12-21(13-9-19)29(3,27)28)24(2)22(26)23-16-18-6-10-20(11-7-18)25-14-4-5-15-25/h6-13,17H,4-5,14-16H2,1-3H3,(H,23,26). The van der Waals surface area contributed by atoms with Crippen LogP contribution in [0.25, 0.3) is 0 Å². The summed E-state index contributed by atoms with van der Waals surface area (Å²) in [6.07, 6.45) is 3.68. The number of hydrogen-bond acceptors (Lipinski definition) is 4. The van der Waals surface area contributed by atoms with E-state index in [2.05, 4.69) is 34.5 Å². The number of anilines is 1. The molecule has 0 spiro atoms. The van der Waals surface area contributed by atoms with Gasteiger partial charge in [0, 0.05) is 38.6 Å². The Kier molecular flexibility index (Phi) is 6.47. The molecule has 0 radical (unpaired) electrons. The van der Waals surface area contributed by atoms with E-state index >= 15 is 0 Å². The summed E-state index contributed by atoms with van der Waals surface area (Å²) < 4.78 is 23.2. The molecule has 0 aromatic heterocycles. The predicted octanol–water partition coefficient (Wildman–Crippen LogP) is 3.59. The van der Waals surface area contributed by atoms with E-state index in [-0.39, 0.29) is 17.0 Å². The highest BCUT2D eigenvalue weighted by Gasteiger charge is 2.18. The van der Waals surface area contributed by atoms with Crippen LogP contribution < -0.4 is 10.2 Å². The molecule has 1 unspecified atom stereocenters. The normalized spacial score (nSPS) is 15.2. The fourth-order valence-electron chi connectivity index (χ4n) is 3.50. The Balaban J connectivity index is 1.55. The Morgan fingerprint density at radius 2 is 1.66 bits per heavy atom. The SMILES string of the molecule is CC(c1ccc(S(C)(=O)=O)cc1)N(C)C(=O)NCc1ccc(N2CCCC2)cc1. The van der Waals surface area contributed by atoms with Crippen LogP contribution in [0.1, 0.15) is 36.9 Å². The molecule has 7 heteroatoms. The van der Waals surface area contributed by atoms with Gasteiger partial charge in [-0.2, -0.15) is 0 Å². The first-order valence-electron chi connectivity index (χ1n) is 9.90. The third-order valence-corrected chi connectivity index (χ3v) is 6.67. The minimum absolute atomic E-state index is 0.173. The number of carbonyl (C=O) groups excluding carboxylic acids is 1. The molecular formula is C22H29N3O3S. The minimum atomic E-state index is -3.23. The van der Waals surface area contributed by atoms with Crippen LogP contribution in [0, 0.1) is 0 Å². The second-order valence-electron chi connectivity index (χ2n) is 7.65. The van der Waals surface area contributed by atoms with Gasteiger partial charge in [-0.25, -0.2) is 13.2 Å². The Morgan fingerprint density at radius 3 is 2.21 bits per heavy atom. The number of sulfone groups is 1. The van der Waals surface area contributed by atoms with E-state index in [1.165, 1.54) is 24.8 Å². The van der Waals surface area contributed by atoms with Crippen LogP contribution in [0.3, 0.4) is 0 Å². The van der Waals surface area contributed by atoms with Crippen LogP contribution in [0.5, 0.6) is 0 Å². The molecule has 1 N–H and O–H groups in total. The number of hydrogen-bond donors (Lipinski definition) is 1. The molecule has 1 atom stereocenters. The Bertz CT molecular complexity index is 934. The molecule has 6 nitrogen and oxygen atoms in total. The molecule has 1 aliphatic rings. The average Bonchev–Trinajstić information content (AvgIpc) is 3.25. The van der Waals surface area contributed by atoms with E-state index in [0.29, 0.717) is 6.54 Å². The van der Waals surface area contributed by atoms with Gasteiger partial charge in [0.2, 0.25) is 0 Å². The molecule has 1 heterocycles. The first-order valence-corrected chi connectivity index (χ1v) is 11.8. The van der Waals surface area contributed by atoms with E-state index in [1.54, 1.807) is 36.2 Å². The van der Waals surface area contributed by atoms with Gasteiger partial charge in [0.15, 0.2) is 9.84 Å². The van der Waals surface area contributed by atoms with Gasteiger partial charge in [0.25, 0.3) is 0 Å². The second kappa shape index (κ2) is 8.86. The molecule has 0 aliphatic carbocycles. The molecule has 2 aromatic carbocycles. The Hall–Kier alpha value is -2.54. The fraction of sp³-hybridized carbons (Fsp3) is 0.409. The van der Waals surface area contributed by atoms with Crippen molar-refractivity contribution in [3.63, 3.8) is 0 Å². The van der Waals surface area contributed by atoms with Crippen LogP contribution in [0.15, 0.2) is 53.4 Å². The van der Waals surface area contributed by atoms with E-state index < -0.39 is 9.84 Å². The molecule has 1 fully saturated rings. The van der Waals surface area contributed by atoms with Crippen LogP contribution in [-0.2, 0) is 16.4 Å². The summed E-state index contributed by atoms with van der Waals surface area (Å²) in [6.45, 7) is 4.61. The molecule has 1 aliphatic heterocycles. The van der Waals surface area contributed by atoms with Gasteiger partial charge >= 0.3 is 6.03 Å². The Morgan fingerprint density at radius 1 is 1.07 bits per heavy atom. The van der Waals surface area contributed by atoms with Gasteiger partial charge in [-0.05, 0) is 55.2 Å². The summed E-state index contributed by atoms with van der Waals surface area (Å²) in [6, 6.07) is 14.6. The number of urea groups is 1. The molecule has 3 rings (SSSR count). The molecule has 2 aromatic rings. The highest BCUT2D eigenvalue weighted by Crippen LogP contribution is 2.22. The molecule has 0 bridgehead atoms. The van der Waals surface area contributed by atoms with Gasteiger partial charge in [0.05, 0.1) is 10.9 Å². The highest BCUT2D eigenvalue weighted by atomic mass is 32.2. The summed E-state index contributed by atoms with van der Waals surface area (Å²) in [5.41, 5.74) is 3.17. The monoisotopic (exact) mass is 415 g/mol. The lowest BCUT2D eigenvalue weighted by Gasteiger charge is -2.26. The number of nitrogens with zero attached hydrogens (tertiary/aromatic N) is 2. The van der Waals surface area contributed by atoms with Crippen LogP contribution in [0.2, 0.25) is 0 Å². The average molecular weight is 416 g/mol. The van der Waals surface area contributed by atoms with Crippen LogP contribution in [0.4, 0.5) is 10.5 Å². The van der Waals surface area contributed by atoms with Crippen molar-refractivity contribution in [2.75, 3.05) is 31.3 Å². The Labute approximate surface area is 173 Å². The van der Waals surface area contributed by atoms with Gasteiger partial charge in [-0.3, -0.25) is 0 Å². The van der Waals surface area contributed by atoms with E-state index in [9.17, 15) is 13.2 Å². The van der Waals surface area contributed by atoms with Gasteiger partial charge in [-0.1, -0.05) is 24.3 Å². The second-order valence-corrected chi connectivity index (χ2v) is 9.66. The molecule has 0 saturated carbocycles. The summed E-state index contributed by atoms with van der Waals surface area (Å²) in [5, 5.41) is 2.95. The minimum Gasteiger partial charge on any atom is -0.372 e. The fourth-order valence-corrected chi connectivity index (χ4v) is 4.13. The van der Waals surface area contributed by atoms with Crippen LogP contribution in [-0.4, -0.2) is 45.7 Å².